The maximum absolute atomic E-state index is 9.70. The summed E-state index contributed by atoms with van der Waals surface area (Å²) in [7, 11) is 0. The highest BCUT2D eigenvalue weighted by Crippen LogP contribution is 2.35. The van der Waals surface area contributed by atoms with Crippen LogP contribution in [0.15, 0.2) is 12.7 Å². The van der Waals surface area contributed by atoms with Crippen molar-refractivity contribution in [3.05, 3.63) is 12.7 Å². The summed E-state index contributed by atoms with van der Waals surface area (Å²) in [6.07, 6.45) is -0.360. The van der Waals surface area contributed by atoms with Crippen LogP contribution in [0, 0.1) is 0 Å². The van der Waals surface area contributed by atoms with Gasteiger partial charge in [-0.2, -0.15) is 0 Å². The Bertz CT molecular complexity index is 265. The van der Waals surface area contributed by atoms with Crippen LogP contribution in [0.25, 0.3) is 0 Å². The first-order chi connectivity index (χ1) is 7.53. The lowest BCUT2D eigenvalue weighted by molar-refractivity contribution is -0.242. The normalized spacial score (nSPS) is 41.7. The van der Waals surface area contributed by atoms with Gasteiger partial charge in [-0.1, -0.05) is 6.08 Å². The van der Waals surface area contributed by atoms with Crippen molar-refractivity contribution < 1.29 is 24.1 Å². The highest BCUT2D eigenvalue weighted by Gasteiger charge is 2.51. The highest BCUT2D eigenvalue weighted by atomic mass is 16.8. The van der Waals surface area contributed by atoms with E-state index in [9.17, 15) is 5.11 Å². The zero-order valence-electron chi connectivity index (χ0n) is 9.59. The maximum atomic E-state index is 9.70. The maximum Gasteiger partial charge on any atom is 0.183 e. The minimum absolute atomic E-state index is 0.187. The second-order valence-electron chi connectivity index (χ2n) is 4.45. The van der Waals surface area contributed by atoms with Crippen molar-refractivity contribution >= 4 is 0 Å². The van der Waals surface area contributed by atoms with E-state index in [1.165, 1.54) is 0 Å². The third-order valence-corrected chi connectivity index (χ3v) is 2.66. The van der Waals surface area contributed by atoms with Crippen LogP contribution in [0.4, 0.5) is 0 Å². The van der Waals surface area contributed by atoms with Gasteiger partial charge in [-0.25, -0.2) is 0 Å². The largest absolute Gasteiger partial charge is 0.366 e. The van der Waals surface area contributed by atoms with Crippen molar-refractivity contribution in [1.29, 1.82) is 0 Å². The number of fused-ring (bicyclic) bond motifs is 1. The van der Waals surface area contributed by atoms with Crippen LogP contribution >= 0.6 is 0 Å². The van der Waals surface area contributed by atoms with E-state index in [2.05, 4.69) is 6.58 Å². The van der Waals surface area contributed by atoms with Crippen LogP contribution in [0.3, 0.4) is 0 Å². The monoisotopic (exact) mass is 230 g/mol. The topological polar surface area (TPSA) is 57.2 Å². The summed E-state index contributed by atoms with van der Waals surface area (Å²) >= 11 is 0. The molecule has 0 aromatic rings. The van der Waals surface area contributed by atoms with E-state index < -0.39 is 18.2 Å². The first kappa shape index (κ1) is 12.0. The fraction of sp³-hybridized carbons (Fsp3) is 0.818. The average Bonchev–Trinajstić information content (AvgIpc) is 2.51. The number of aliphatic hydroxyl groups excluding tert-OH is 1. The van der Waals surface area contributed by atoms with E-state index in [1.54, 1.807) is 6.08 Å². The van der Waals surface area contributed by atoms with Gasteiger partial charge in [-0.05, 0) is 13.8 Å². The lowest BCUT2D eigenvalue weighted by Gasteiger charge is -2.34. The zero-order chi connectivity index (χ0) is 11.8. The van der Waals surface area contributed by atoms with Gasteiger partial charge in [0.25, 0.3) is 0 Å². The summed E-state index contributed by atoms with van der Waals surface area (Å²) in [5.41, 5.74) is 0. The van der Waals surface area contributed by atoms with Gasteiger partial charge in [-0.3, -0.25) is 0 Å². The summed E-state index contributed by atoms with van der Waals surface area (Å²) in [6, 6.07) is 0. The molecular formula is C11H18O5. The molecular weight excluding hydrogens is 212 g/mol. The zero-order valence-corrected chi connectivity index (χ0v) is 9.59. The molecule has 2 aliphatic heterocycles. The quantitative estimate of drug-likeness (QED) is 0.712. The lowest BCUT2D eigenvalue weighted by Crippen LogP contribution is -2.52. The predicted octanol–water partition coefficient (Wildman–Crippen LogP) is 0.426. The van der Waals surface area contributed by atoms with Gasteiger partial charge in [0.15, 0.2) is 12.1 Å². The van der Waals surface area contributed by atoms with Gasteiger partial charge in [0.2, 0.25) is 0 Å². The summed E-state index contributed by atoms with van der Waals surface area (Å²) in [6.45, 7) is 7.90. The second kappa shape index (κ2) is 4.43. The molecule has 2 heterocycles. The Morgan fingerprint density at radius 1 is 1.50 bits per heavy atom. The van der Waals surface area contributed by atoms with Gasteiger partial charge in [0.05, 0.1) is 13.2 Å². The van der Waals surface area contributed by atoms with Crippen molar-refractivity contribution in [2.75, 3.05) is 13.2 Å². The van der Waals surface area contributed by atoms with E-state index in [4.69, 9.17) is 18.9 Å². The third-order valence-electron chi connectivity index (χ3n) is 2.66. The van der Waals surface area contributed by atoms with Crippen molar-refractivity contribution in [2.45, 2.75) is 44.2 Å². The number of hydrogen-bond acceptors (Lipinski definition) is 5. The predicted molar refractivity (Wildman–Crippen MR) is 55.7 cm³/mol. The molecule has 2 fully saturated rings. The minimum Gasteiger partial charge on any atom is -0.366 e. The minimum atomic E-state index is -0.973. The molecule has 5 heteroatoms. The fourth-order valence-corrected chi connectivity index (χ4v) is 2.08. The van der Waals surface area contributed by atoms with Crippen LogP contribution in [-0.4, -0.2) is 48.7 Å². The van der Waals surface area contributed by atoms with Crippen LogP contribution in [-0.2, 0) is 18.9 Å². The standard InChI is InChI=1S/C11H18O5/c1-4-5-13-9-8-7(6-14-10(9)12)15-11(2,3)16-8/h4,7-10,12H,1,5-6H2,2-3H3/t7-,8-,9+,10-/m0/s1. The number of rotatable bonds is 3. The molecule has 0 aromatic carbocycles. The van der Waals surface area contributed by atoms with Gasteiger partial charge < -0.3 is 24.1 Å². The molecule has 92 valence electrons. The SMILES string of the molecule is C=CCO[C@@H]1[C@H]2OC(C)(C)O[C@H]2CO[C@@H]1O. The van der Waals surface area contributed by atoms with Crippen LogP contribution in [0.2, 0.25) is 0 Å². The summed E-state index contributed by atoms with van der Waals surface area (Å²) in [4.78, 5) is 0. The molecule has 0 bridgehead atoms. The third kappa shape index (κ3) is 2.28. The van der Waals surface area contributed by atoms with Crippen molar-refractivity contribution in [1.82, 2.24) is 0 Å². The van der Waals surface area contributed by atoms with Crippen molar-refractivity contribution in [2.24, 2.45) is 0 Å². The van der Waals surface area contributed by atoms with Crippen LogP contribution in [0.1, 0.15) is 13.8 Å². The van der Waals surface area contributed by atoms with E-state index in [0.29, 0.717) is 13.2 Å². The molecule has 0 radical (unpaired) electrons. The Kier molecular flexibility index (Phi) is 3.32. The lowest BCUT2D eigenvalue weighted by atomic mass is 10.1. The Labute approximate surface area is 94.9 Å². The number of ether oxygens (including phenoxy) is 4. The molecule has 16 heavy (non-hydrogen) atoms. The smallest absolute Gasteiger partial charge is 0.183 e. The van der Waals surface area contributed by atoms with E-state index in [1.807, 2.05) is 13.8 Å². The molecule has 4 atom stereocenters. The Hall–Kier alpha value is -0.460. The Morgan fingerprint density at radius 2 is 2.25 bits per heavy atom. The Balaban J connectivity index is 2.06. The molecule has 2 saturated heterocycles. The van der Waals surface area contributed by atoms with Gasteiger partial charge in [-0.15, -0.1) is 6.58 Å². The summed E-state index contributed by atoms with van der Waals surface area (Å²) < 4.78 is 22.0. The van der Waals surface area contributed by atoms with Crippen LogP contribution in [0.5, 0.6) is 0 Å². The first-order valence-corrected chi connectivity index (χ1v) is 5.41. The molecule has 1 N–H and O–H groups in total. The molecule has 0 spiro atoms. The molecule has 2 aliphatic rings. The fourth-order valence-electron chi connectivity index (χ4n) is 2.08. The van der Waals surface area contributed by atoms with Crippen molar-refractivity contribution in [3.8, 4) is 0 Å². The molecule has 0 saturated carbocycles. The van der Waals surface area contributed by atoms with Gasteiger partial charge in [0, 0.05) is 0 Å². The highest BCUT2D eigenvalue weighted by molar-refractivity contribution is 4.92. The van der Waals surface area contributed by atoms with Gasteiger partial charge in [0.1, 0.15) is 18.3 Å². The second-order valence-corrected chi connectivity index (χ2v) is 4.45. The molecule has 0 amide bonds. The van der Waals surface area contributed by atoms with E-state index in [-0.39, 0.29) is 12.2 Å². The Morgan fingerprint density at radius 3 is 2.94 bits per heavy atom. The first-order valence-electron chi connectivity index (χ1n) is 5.41. The molecule has 0 unspecified atom stereocenters. The average molecular weight is 230 g/mol. The summed E-state index contributed by atoms with van der Waals surface area (Å²) in [5.74, 6) is -0.654. The molecule has 0 aromatic heterocycles. The summed E-state index contributed by atoms with van der Waals surface area (Å²) in [5, 5.41) is 9.70. The number of hydrogen-bond donors (Lipinski definition) is 1. The molecule has 2 rings (SSSR count). The van der Waals surface area contributed by atoms with Gasteiger partial charge >= 0.3 is 0 Å². The van der Waals surface area contributed by atoms with E-state index in [0.717, 1.165) is 0 Å². The van der Waals surface area contributed by atoms with E-state index >= 15 is 0 Å². The molecule has 0 aliphatic carbocycles. The number of aliphatic hydroxyl groups is 1. The van der Waals surface area contributed by atoms with Crippen LogP contribution < -0.4 is 0 Å². The molecule has 5 nitrogen and oxygen atoms in total. The van der Waals surface area contributed by atoms with Crippen molar-refractivity contribution in [3.63, 3.8) is 0 Å².